The number of carbonyl (C=O) groups is 2. The number of nitrogen functional groups attached to an aromatic ring is 1. The SMILES string of the molecule is CCOc1cc(CC)cc(C(Nc2ccc3c(N)nccc3c2)c2nc(-c3cccc(F)c3C(=O)O)c(CC(=O)O)[nH]2)c1F. The number of aromatic nitrogens is 3. The first kappa shape index (κ1) is 30.0. The Kier molecular flexibility index (Phi) is 8.43. The highest BCUT2D eigenvalue weighted by molar-refractivity contribution is 5.96. The smallest absolute Gasteiger partial charge is 0.339 e. The van der Waals surface area contributed by atoms with Gasteiger partial charge in [-0.2, -0.15) is 0 Å². The van der Waals surface area contributed by atoms with Gasteiger partial charge in [0, 0.05) is 28.4 Å². The van der Waals surface area contributed by atoms with Gasteiger partial charge in [0.15, 0.2) is 11.6 Å². The van der Waals surface area contributed by atoms with Gasteiger partial charge in [-0.1, -0.05) is 25.1 Å². The maximum atomic E-state index is 16.1. The highest BCUT2D eigenvalue weighted by atomic mass is 19.1. The number of benzene rings is 3. The summed E-state index contributed by atoms with van der Waals surface area (Å²) in [4.78, 5) is 35.5. The standard InChI is InChI=1S/C32H29F2N5O5/c1-3-16-12-21(27(34)24(13-16)44-4-2)29(37-18-8-9-19-17(14-18)10-11-36-30(19)35)31-38-23(15-25(40)41)28(39-31)20-6-5-7-22(33)26(20)32(42)43/h5-14,29,37H,3-4,15H2,1-2H3,(H2,35,36)(H,38,39)(H,40,41)(H,42,43). The maximum Gasteiger partial charge on any atom is 0.339 e. The molecule has 0 saturated carbocycles. The van der Waals surface area contributed by atoms with Crippen molar-refractivity contribution in [2.75, 3.05) is 17.7 Å². The molecule has 0 aliphatic carbocycles. The fourth-order valence-corrected chi connectivity index (χ4v) is 5.11. The van der Waals surface area contributed by atoms with Crippen LogP contribution in [0, 0.1) is 11.6 Å². The number of imidazole rings is 1. The molecule has 0 saturated heterocycles. The number of rotatable bonds is 11. The third kappa shape index (κ3) is 5.87. The number of halogens is 2. The molecule has 0 fully saturated rings. The number of carboxylic acid groups (broad SMARTS) is 2. The minimum atomic E-state index is -1.55. The Balaban J connectivity index is 1.74. The van der Waals surface area contributed by atoms with Crippen LogP contribution >= 0.6 is 0 Å². The summed E-state index contributed by atoms with van der Waals surface area (Å²) < 4.78 is 36.4. The molecule has 0 aliphatic rings. The second-order valence-electron chi connectivity index (χ2n) is 9.98. The molecule has 0 radical (unpaired) electrons. The van der Waals surface area contributed by atoms with Crippen LogP contribution in [0.4, 0.5) is 20.3 Å². The van der Waals surface area contributed by atoms with Crippen LogP contribution in [0.1, 0.15) is 52.9 Å². The summed E-state index contributed by atoms with van der Waals surface area (Å²) in [7, 11) is 0. The molecular weight excluding hydrogens is 572 g/mol. The van der Waals surface area contributed by atoms with E-state index in [2.05, 4.69) is 20.3 Å². The van der Waals surface area contributed by atoms with Crippen molar-refractivity contribution in [1.82, 2.24) is 15.0 Å². The molecule has 1 atom stereocenters. The molecule has 226 valence electrons. The van der Waals surface area contributed by atoms with Gasteiger partial charge in [0.2, 0.25) is 0 Å². The Morgan fingerprint density at radius 1 is 1.09 bits per heavy atom. The quantitative estimate of drug-likeness (QED) is 0.123. The lowest BCUT2D eigenvalue weighted by Crippen LogP contribution is -2.17. The summed E-state index contributed by atoms with van der Waals surface area (Å²) >= 11 is 0. The van der Waals surface area contributed by atoms with Crippen LogP contribution < -0.4 is 15.8 Å². The Labute approximate surface area is 250 Å². The average molecular weight is 602 g/mol. The molecular formula is C32H29F2N5O5. The van der Waals surface area contributed by atoms with E-state index in [0.29, 0.717) is 23.3 Å². The van der Waals surface area contributed by atoms with E-state index in [1.807, 2.05) is 6.92 Å². The molecule has 44 heavy (non-hydrogen) atoms. The van der Waals surface area contributed by atoms with E-state index in [-0.39, 0.29) is 40.7 Å². The van der Waals surface area contributed by atoms with Gasteiger partial charge in [0.25, 0.3) is 0 Å². The largest absolute Gasteiger partial charge is 0.491 e. The van der Waals surface area contributed by atoms with Crippen molar-refractivity contribution in [2.24, 2.45) is 0 Å². The molecule has 0 spiro atoms. The molecule has 3 aromatic carbocycles. The predicted molar refractivity (Wildman–Crippen MR) is 161 cm³/mol. The minimum Gasteiger partial charge on any atom is -0.491 e. The van der Waals surface area contributed by atoms with Crippen LogP contribution in [-0.2, 0) is 17.6 Å². The van der Waals surface area contributed by atoms with Gasteiger partial charge in [-0.25, -0.2) is 23.5 Å². The van der Waals surface area contributed by atoms with Gasteiger partial charge in [-0.05, 0) is 60.7 Å². The zero-order valence-electron chi connectivity index (χ0n) is 23.8. The van der Waals surface area contributed by atoms with Gasteiger partial charge >= 0.3 is 11.9 Å². The second-order valence-corrected chi connectivity index (χ2v) is 9.98. The van der Waals surface area contributed by atoms with Crippen molar-refractivity contribution >= 4 is 34.2 Å². The minimum absolute atomic E-state index is 0.0156. The molecule has 10 nitrogen and oxygen atoms in total. The Bertz CT molecular complexity index is 1890. The Morgan fingerprint density at radius 3 is 2.59 bits per heavy atom. The van der Waals surface area contributed by atoms with E-state index in [1.165, 1.54) is 12.1 Å². The first-order valence-corrected chi connectivity index (χ1v) is 13.8. The van der Waals surface area contributed by atoms with Crippen molar-refractivity contribution in [2.45, 2.75) is 32.7 Å². The lowest BCUT2D eigenvalue weighted by atomic mass is 9.99. The first-order chi connectivity index (χ1) is 21.1. The predicted octanol–water partition coefficient (Wildman–Crippen LogP) is 5.97. The number of nitrogens with two attached hydrogens (primary N) is 1. The number of ether oxygens (including phenoxy) is 1. The highest BCUT2D eigenvalue weighted by Crippen LogP contribution is 2.36. The third-order valence-corrected chi connectivity index (χ3v) is 7.13. The summed E-state index contributed by atoms with van der Waals surface area (Å²) in [5.41, 5.74) is 6.61. The summed E-state index contributed by atoms with van der Waals surface area (Å²) in [5.74, 6) is -4.02. The maximum absolute atomic E-state index is 16.1. The number of pyridine rings is 1. The van der Waals surface area contributed by atoms with Crippen LogP contribution in [0.5, 0.6) is 5.75 Å². The monoisotopic (exact) mass is 601 g/mol. The van der Waals surface area contributed by atoms with Crippen LogP contribution in [0.2, 0.25) is 0 Å². The van der Waals surface area contributed by atoms with Gasteiger partial charge in [-0.3, -0.25) is 4.79 Å². The number of aromatic amines is 1. The number of fused-ring (bicyclic) bond motifs is 1. The molecule has 2 heterocycles. The summed E-state index contributed by atoms with van der Waals surface area (Å²) in [6.07, 6.45) is 1.53. The normalized spacial score (nSPS) is 11.8. The van der Waals surface area contributed by atoms with Gasteiger partial charge < -0.3 is 31.0 Å². The van der Waals surface area contributed by atoms with E-state index in [1.54, 1.807) is 49.5 Å². The van der Waals surface area contributed by atoms with Crippen molar-refractivity contribution < 1.29 is 33.3 Å². The van der Waals surface area contributed by atoms with E-state index in [9.17, 15) is 24.2 Å². The van der Waals surface area contributed by atoms with Crippen molar-refractivity contribution in [1.29, 1.82) is 0 Å². The Hall–Kier alpha value is -5.52. The van der Waals surface area contributed by atoms with Crippen molar-refractivity contribution in [3.8, 4) is 17.0 Å². The number of hydrogen-bond donors (Lipinski definition) is 5. The van der Waals surface area contributed by atoms with Crippen LogP contribution in [0.25, 0.3) is 22.0 Å². The number of aromatic carboxylic acids is 1. The fraction of sp³-hybridized carbons (Fsp3) is 0.188. The van der Waals surface area contributed by atoms with Crippen LogP contribution in [0.3, 0.4) is 0 Å². The molecule has 12 heteroatoms. The molecule has 1 unspecified atom stereocenters. The zero-order chi connectivity index (χ0) is 31.5. The number of anilines is 2. The molecule has 0 amide bonds. The van der Waals surface area contributed by atoms with Crippen LogP contribution in [-0.4, -0.2) is 43.7 Å². The van der Waals surface area contributed by atoms with E-state index < -0.39 is 41.6 Å². The molecule has 5 aromatic rings. The summed E-state index contributed by atoms with van der Waals surface area (Å²) in [6, 6.07) is 12.9. The highest BCUT2D eigenvalue weighted by Gasteiger charge is 2.29. The lowest BCUT2D eigenvalue weighted by Gasteiger charge is -2.22. The van der Waals surface area contributed by atoms with Gasteiger partial charge in [0.05, 0.1) is 24.4 Å². The summed E-state index contributed by atoms with van der Waals surface area (Å²) in [6.45, 7) is 3.86. The summed E-state index contributed by atoms with van der Waals surface area (Å²) in [5, 5.41) is 24.2. The van der Waals surface area contributed by atoms with Gasteiger partial charge in [0.1, 0.15) is 29.1 Å². The van der Waals surface area contributed by atoms with Crippen molar-refractivity contribution in [3.05, 3.63) is 101 Å². The lowest BCUT2D eigenvalue weighted by molar-refractivity contribution is -0.136. The molecule has 6 N–H and O–H groups in total. The zero-order valence-corrected chi connectivity index (χ0v) is 23.8. The van der Waals surface area contributed by atoms with E-state index in [4.69, 9.17) is 10.5 Å². The first-order valence-electron chi connectivity index (χ1n) is 13.8. The van der Waals surface area contributed by atoms with Crippen LogP contribution in [0.15, 0.2) is 60.8 Å². The molecule has 5 rings (SSSR count). The number of nitrogens with zero attached hydrogens (tertiary/aromatic N) is 2. The average Bonchev–Trinajstić information content (AvgIpc) is 3.39. The number of hydrogen-bond acceptors (Lipinski definition) is 7. The number of nitrogens with one attached hydrogen (secondary N) is 2. The third-order valence-electron chi connectivity index (χ3n) is 7.13. The number of aliphatic carboxylic acids is 1. The molecule has 0 aliphatic heterocycles. The number of aryl methyl sites for hydroxylation is 1. The van der Waals surface area contributed by atoms with E-state index in [0.717, 1.165) is 17.0 Å². The number of H-pyrrole nitrogens is 1. The van der Waals surface area contributed by atoms with E-state index >= 15 is 4.39 Å². The molecule has 0 bridgehead atoms. The van der Waals surface area contributed by atoms with Crippen molar-refractivity contribution in [3.63, 3.8) is 0 Å². The second kappa shape index (κ2) is 12.4. The van der Waals surface area contributed by atoms with Gasteiger partial charge in [-0.15, -0.1) is 0 Å². The fourth-order valence-electron chi connectivity index (χ4n) is 5.11. The molecule has 2 aromatic heterocycles. The topological polar surface area (TPSA) is 163 Å². The Morgan fingerprint density at radius 2 is 1.89 bits per heavy atom. The number of carboxylic acids is 2.